The average molecular weight is 366 g/mol. The smallest absolute Gasteiger partial charge is 0.353 e. The van der Waals surface area contributed by atoms with E-state index in [9.17, 15) is 14.0 Å². The van der Waals surface area contributed by atoms with Crippen molar-refractivity contribution in [2.75, 3.05) is 0 Å². The van der Waals surface area contributed by atoms with Crippen molar-refractivity contribution in [2.45, 2.75) is 0 Å². The minimum absolute atomic E-state index is 0.133. The Hall–Kier alpha value is -3.25. The summed E-state index contributed by atoms with van der Waals surface area (Å²) in [4.78, 5) is 24.9. The first kappa shape index (κ1) is 16.2. The van der Waals surface area contributed by atoms with Crippen LogP contribution < -0.4 is 9.47 Å². The van der Waals surface area contributed by atoms with Crippen LogP contribution >= 0.6 is 11.3 Å². The summed E-state index contributed by atoms with van der Waals surface area (Å²) in [7, 11) is 0. The normalized spacial score (nSPS) is 14.2. The number of carbonyl (C=O) groups is 2. The molecule has 0 spiro atoms. The van der Waals surface area contributed by atoms with Crippen LogP contribution in [0, 0.1) is 5.82 Å². The number of halogens is 1. The van der Waals surface area contributed by atoms with Crippen LogP contribution in [-0.4, -0.2) is 11.8 Å². The lowest BCUT2D eigenvalue weighted by atomic mass is 10.1. The molecule has 0 N–H and O–H groups in total. The molecule has 0 unspecified atom stereocenters. The van der Waals surface area contributed by atoms with Gasteiger partial charge < -0.3 is 9.47 Å². The number of hydrogen-bond donors (Lipinski definition) is 0. The third-order valence-corrected chi connectivity index (χ3v) is 4.59. The number of ketones is 1. The van der Waals surface area contributed by atoms with Gasteiger partial charge >= 0.3 is 5.97 Å². The molecule has 0 saturated heterocycles. The Labute approximate surface area is 152 Å². The molecular weight excluding hydrogens is 355 g/mol. The Morgan fingerprint density at radius 1 is 1.12 bits per heavy atom. The van der Waals surface area contributed by atoms with Crippen molar-refractivity contribution in [3.05, 3.63) is 87.6 Å². The minimum atomic E-state index is -0.466. The van der Waals surface area contributed by atoms with Gasteiger partial charge in [0.15, 0.2) is 5.76 Å². The van der Waals surface area contributed by atoms with Crippen molar-refractivity contribution in [3.8, 4) is 11.5 Å². The number of ether oxygens (including phenoxy) is 2. The van der Waals surface area contributed by atoms with Gasteiger partial charge in [0, 0.05) is 6.07 Å². The predicted molar refractivity (Wildman–Crippen MR) is 95.1 cm³/mol. The highest BCUT2D eigenvalue weighted by molar-refractivity contribution is 7.12. The summed E-state index contributed by atoms with van der Waals surface area (Å²) < 4.78 is 23.9. The number of esters is 1. The van der Waals surface area contributed by atoms with E-state index in [-0.39, 0.29) is 23.1 Å². The maximum Gasteiger partial charge on any atom is 0.353 e. The first-order chi connectivity index (χ1) is 12.6. The molecular formula is C20H11FO4S. The van der Waals surface area contributed by atoms with Crippen molar-refractivity contribution in [2.24, 2.45) is 0 Å². The molecule has 0 bridgehead atoms. The standard InChI is InChI=1S/C20H11FO4S/c21-13-5-3-12(4-6-13)10-17-19(22)15-8-7-14(11-16(15)25-17)24-20(23)18-2-1-9-26-18/h1-11H/b17-10-. The zero-order valence-corrected chi connectivity index (χ0v) is 14.1. The number of benzene rings is 2. The quantitative estimate of drug-likeness (QED) is 0.382. The molecule has 1 aromatic heterocycles. The first-order valence-corrected chi connectivity index (χ1v) is 8.58. The lowest BCUT2D eigenvalue weighted by molar-refractivity contribution is 0.0739. The lowest BCUT2D eigenvalue weighted by Crippen LogP contribution is -2.06. The van der Waals surface area contributed by atoms with Gasteiger partial charge in [0.25, 0.3) is 0 Å². The summed E-state index contributed by atoms with van der Waals surface area (Å²) in [6.45, 7) is 0. The van der Waals surface area contributed by atoms with Crippen LogP contribution in [-0.2, 0) is 0 Å². The number of rotatable bonds is 3. The molecule has 4 rings (SSSR count). The van der Waals surface area contributed by atoms with Crippen LogP contribution in [0.1, 0.15) is 25.6 Å². The minimum Gasteiger partial charge on any atom is -0.452 e. The Morgan fingerprint density at radius 3 is 2.65 bits per heavy atom. The van der Waals surface area contributed by atoms with E-state index in [1.54, 1.807) is 47.9 Å². The number of carbonyl (C=O) groups excluding carboxylic acids is 2. The van der Waals surface area contributed by atoms with Crippen molar-refractivity contribution >= 4 is 29.2 Å². The van der Waals surface area contributed by atoms with Crippen molar-refractivity contribution in [3.63, 3.8) is 0 Å². The molecule has 128 valence electrons. The Balaban J connectivity index is 1.56. The fourth-order valence-corrected chi connectivity index (χ4v) is 3.09. The number of fused-ring (bicyclic) bond motifs is 1. The van der Waals surface area contributed by atoms with Crippen LogP contribution in [0.2, 0.25) is 0 Å². The first-order valence-electron chi connectivity index (χ1n) is 7.70. The number of thiophene rings is 1. The number of hydrogen-bond acceptors (Lipinski definition) is 5. The molecule has 0 atom stereocenters. The van der Waals surface area contributed by atoms with Crippen LogP contribution in [0.15, 0.2) is 65.7 Å². The van der Waals surface area contributed by atoms with Gasteiger partial charge in [-0.1, -0.05) is 18.2 Å². The fraction of sp³-hybridized carbons (Fsp3) is 0. The van der Waals surface area contributed by atoms with E-state index in [4.69, 9.17) is 9.47 Å². The topological polar surface area (TPSA) is 52.6 Å². The molecule has 4 nitrogen and oxygen atoms in total. The van der Waals surface area contributed by atoms with Crippen molar-refractivity contribution in [1.29, 1.82) is 0 Å². The van der Waals surface area contributed by atoms with Crippen LogP contribution in [0.4, 0.5) is 4.39 Å². The van der Waals surface area contributed by atoms with Crippen LogP contribution in [0.5, 0.6) is 11.5 Å². The van der Waals surface area contributed by atoms with E-state index in [2.05, 4.69) is 0 Å². The van der Waals surface area contributed by atoms with Gasteiger partial charge in [-0.3, -0.25) is 4.79 Å². The molecule has 26 heavy (non-hydrogen) atoms. The average Bonchev–Trinajstić information content (AvgIpc) is 3.26. The molecule has 1 aliphatic heterocycles. The highest BCUT2D eigenvalue weighted by atomic mass is 32.1. The Morgan fingerprint density at radius 2 is 1.92 bits per heavy atom. The maximum absolute atomic E-state index is 13.0. The molecule has 3 aromatic rings. The van der Waals surface area contributed by atoms with Crippen molar-refractivity contribution < 1.29 is 23.5 Å². The number of allylic oxidation sites excluding steroid dienone is 1. The molecule has 0 radical (unpaired) electrons. The van der Waals surface area contributed by atoms with Gasteiger partial charge in [-0.2, -0.15) is 0 Å². The number of Topliss-reactive ketones (excluding diaryl/α,β-unsaturated/α-hetero) is 1. The van der Waals surface area contributed by atoms with Crippen molar-refractivity contribution in [1.82, 2.24) is 0 Å². The molecule has 0 aliphatic carbocycles. The molecule has 2 aromatic carbocycles. The van der Waals surface area contributed by atoms with Gasteiger partial charge in [-0.05, 0) is 47.4 Å². The summed E-state index contributed by atoms with van der Waals surface area (Å²) in [6, 6.07) is 13.8. The van der Waals surface area contributed by atoms with E-state index in [1.165, 1.54) is 29.5 Å². The zero-order chi connectivity index (χ0) is 18.1. The van der Waals surface area contributed by atoms with E-state index < -0.39 is 5.97 Å². The summed E-state index contributed by atoms with van der Waals surface area (Å²) >= 11 is 1.28. The second kappa shape index (κ2) is 6.57. The SMILES string of the molecule is O=C(Oc1ccc2c(c1)O/C(=C\c1ccc(F)cc1)C2=O)c1cccs1. The highest BCUT2D eigenvalue weighted by Crippen LogP contribution is 2.35. The van der Waals surface area contributed by atoms with E-state index >= 15 is 0 Å². The van der Waals surface area contributed by atoms with Gasteiger partial charge in [0.2, 0.25) is 5.78 Å². The molecule has 0 fully saturated rings. The zero-order valence-electron chi connectivity index (χ0n) is 13.3. The largest absolute Gasteiger partial charge is 0.452 e. The molecule has 6 heteroatoms. The Kier molecular flexibility index (Phi) is 4.10. The van der Waals surface area contributed by atoms with Gasteiger partial charge in [0.05, 0.1) is 5.56 Å². The van der Waals surface area contributed by atoms with Gasteiger partial charge in [0.1, 0.15) is 22.2 Å². The fourth-order valence-electron chi connectivity index (χ4n) is 2.49. The maximum atomic E-state index is 13.0. The van der Waals surface area contributed by atoms with E-state index in [0.29, 0.717) is 21.8 Å². The van der Waals surface area contributed by atoms with E-state index in [1.807, 2.05) is 0 Å². The Bertz CT molecular complexity index is 1020. The monoisotopic (exact) mass is 366 g/mol. The predicted octanol–water partition coefficient (Wildman–Crippen LogP) is 4.72. The lowest BCUT2D eigenvalue weighted by Gasteiger charge is -2.04. The summed E-state index contributed by atoms with van der Waals surface area (Å²) in [5, 5.41) is 1.79. The highest BCUT2D eigenvalue weighted by Gasteiger charge is 2.28. The van der Waals surface area contributed by atoms with E-state index in [0.717, 1.165) is 0 Å². The second-order valence-corrected chi connectivity index (χ2v) is 6.46. The van der Waals surface area contributed by atoms with Crippen LogP contribution in [0.25, 0.3) is 6.08 Å². The van der Waals surface area contributed by atoms with Gasteiger partial charge in [-0.25, -0.2) is 9.18 Å². The molecule has 0 saturated carbocycles. The summed E-state index contributed by atoms with van der Waals surface area (Å²) in [6.07, 6.45) is 1.54. The third-order valence-electron chi connectivity index (χ3n) is 3.74. The molecule has 2 heterocycles. The van der Waals surface area contributed by atoms with Gasteiger partial charge in [-0.15, -0.1) is 11.3 Å². The van der Waals surface area contributed by atoms with Crippen LogP contribution in [0.3, 0.4) is 0 Å². The molecule has 0 amide bonds. The molecule has 1 aliphatic rings. The third kappa shape index (κ3) is 3.14. The summed E-state index contributed by atoms with van der Waals surface area (Å²) in [5.74, 6) is -0.357. The summed E-state index contributed by atoms with van der Waals surface area (Å²) in [5.41, 5.74) is 1.03. The second-order valence-electron chi connectivity index (χ2n) is 5.52.